The zero-order valence-electron chi connectivity index (χ0n) is 17.5. The third-order valence-corrected chi connectivity index (χ3v) is 5.68. The standard InChI is InChI=1S/C22H21ClF3NO5/c1-20(2,15-5-4-6-16(23)17(15)31-3)11-21(30,22(24,25)26)19(29)27-13-7-8-14-12(9-13)10-32-18(14)28/h4-9,30H,10-11H2,1-3H3,(H,27,29). The summed E-state index contributed by atoms with van der Waals surface area (Å²) in [5.41, 5.74) is -4.11. The number of amides is 1. The number of hydrogen-bond acceptors (Lipinski definition) is 5. The smallest absolute Gasteiger partial charge is 0.426 e. The maximum absolute atomic E-state index is 14.0. The van der Waals surface area contributed by atoms with Crippen molar-refractivity contribution >= 4 is 29.2 Å². The molecule has 6 nitrogen and oxygen atoms in total. The lowest BCUT2D eigenvalue weighted by atomic mass is 9.74. The van der Waals surface area contributed by atoms with Crippen LogP contribution in [-0.2, 0) is 21.6 Å². The Hall–Kier alpha value is -2.78. The van der Waals surface area contributed by atoms with Gasteiger partial charge in [-0.05, 0) is 29.7 Å². The van der Waals surface area contributed by atoms with Crippen LogP contribution in [0.25, 0.3) is 0 Å². The van der Waals surface area contributed by atoms with Crippen LogP contribution in [0.4, 0.5) is 18.9 Å². The summed E-state index contributed by atoms with van der Waals surface area (Å²) < 4.78 is 52.1. The minimum Gasteiger partial charge on any atom is -0.495 e. The van der Waals surface area contributed by atoms with Crippen molar-refractivity contribution in [1.82, 2.24) is 0 Å². The number of carbonyl (C=O) groups is 2. The van der Waals surface area contributed by atoms with E-state index in [2.05, 4.69) is 5.32 Å². The molecule has 2 aromatic carbocycles. The number of aliphatic hydroxyl groups is 1. The molecule has 0 aromatic heterocycles. The van der Waals surface area contributed by atoms with Crippen LogP contribution in [0.1, 0.15) is 41.8 Å². The second kappa shape index (κ2) is 8.29. The van der Waals surface area contributed by atoms with Gasteiger partial charge >= 0.3 is 12.1 Å². The number of ether oxygens (including phenoxy) is 2. The van der Waals surface area contributed by atoms with Gasteiger partial charge in [-0.25, -0.2) is 4.79 Å². The Labute approximate surface area is 187 Å². The molecule has 32 heavy (non-hydrogen) atoms. The largest absolute Gasteiger partial charge is 0.495 e. The van der Waals surface area contributed by atoms with Crippen LogP contribution in [0.15, 0.2) is 36.4 Å². The maximum atomic E-state index is 14.0. The highest BCUT2D eigenvalue weighted by Crippen LogP contribution is 2.45. The van der Waals surface area contributed by atoms with Crippen LogP contribution in [0, 0.1) is 0 Å². The number of esters is 1. The molecule has 0 saturated heterocycles. The van der Waals surface area contributed by atoms with Gasteiger partial charge in [0.15, 0.2) is 0 Å². The van der Waals surface area contributed by atoms with Crippen LogP contribution in [0.5, 0.6) is 5.75 Å². The molecule has 0 radical (unpaired) electrons. The molecule has 0 saturated carbocycles. The predicted molar refractivity (Wildman–Crippen MR) is 111 cm³/mol. The molecule has 1 aliphatic rings. The summed E-state index contributed by atoms with van der Waals surface area (Å²) in [7, 11) is 1.33. The lowest BCUT2D eigenvalue weighted by Gasteiger charge is -2.37. The summed E-state index contributed by atoms with van der Waals surface area (Å²) in [4.78, 5) is 24.3. The molecule has 1 amide bonds. The van der Waals surface area contributed by atoms with Gasteiger partial charge in [-0.15, -0.1) is 0 Å². The normalized spacial score (nSPS) is 15.6. The van der Waals surface area contributed by atoms with Gasteiger partial charge in [0.2, 0.25) is 5.60 Å². The molecule has 0 bridgehead atoms. The number of nitrogens with one attached hydrogen (secondary N) is 1. The average molecular weight is 472 g/mol. The molecule has 172 valence electrons. The molecule has 10 heteroatoms. The molecule has 1 atom stereocenters. The van der Waals surface area contributed by atoms with Crippen LogP contribution in [-0.4, -0.2) is 35.9 Å². The van der Waals surface area contributed by atoms with E-state index in [9.17, 15) is 27.9 Å². The van der Waals surface area contributed by atoms with Crippen LogP contribution in [0.2, 0.25) is 5.02 Å². The molecule has 2 aromatic rings. The van der Waals surface area contributed by atoms with Crippen molar-refractivity contribution < 1.29 is 37.3 Å². The Morgan fingerprint density at radius 3 is 2.56 bits per heavy atom. The Morgan fingerprint density at radius 2 is 1.94 bits per heavy atom. The molecule has 0 spiro atoms. The number of halogens is 4. The molecule has 3 rings (SSSR count). The number of benzene rings is 2. The fourth-order valence-electron chi connectivity index (χ4n) is 3.74. The van der Waals surface area contributed by atoms with Crippen LogP contribution >= 0.6 is 11.6 Å². The molecular formula is C22H21ClF3NO5. The number of hydrogen-bond donors (Lipinski definition) is 2. The Kier molecular flexibility index (Phi) is 6.19. The molecular weight excluding hydrogens is 451 g/mol. The third kappa shape index (κ3) is 4.27. The van der Waals surface area contributed by atoms with Gasteiger partial charge in [0, 0.05) is 23.2 Å². The molecule has 2 N–H and O–H groups in total. The Bertz CT molecular complexity index is 1070. The van der Waals surface area contributed by atoms with Gasteiger partial charge in [0.05, 0.1) is 17.7 Å². The van der Waals surface area contributed by atoms with E-state index >= 15 is 0 Å². The SMILES string of the molecule is COc1c(Cl)cccc1C(C)(C)CC(O)(C(=O)Nc1ccc2c(c1)COC2=O)C(F)(F)F. The summed E-state index contributed by atoms with van der Waals surface area (Å²) >= 11 is 6.10. The Morgan fingerprint density at radius 1 is 1.25 bits per heavy atom. The first-order valence-electron chi connectivity index (χ1n) is 9.54. The van der Waals surface area contributed by atoms with E-state index in [0.29, 0.717) is 11.1 Å². The van der Waals surface area contributed by atoms with E-state index in [1.807, 2.05) is 0 Å². The van der Waals surface area contributed by atoms with Gasteiger partial charge in [0.1, 0.15) is 12.4 Å². The zero-order chi connectivity index (χ0) is 23.9. The number of cyclic esters (lactones) is 1. The van der Waals surface area contributed by atoms with E-state index in [-0.39, 0.29) is 28.6 Å². The highest BCUT2D eigenvalue weighted by Gasteiger charge is 2.61. The van der Waals surface area contributed by atoms with E-state index in [4.69, 9.17) is 21.1 Å². The number of para-hydroxylation sites is 1. The van der Waals surface area contributed by atoms with Crippen molar-refractivity contribution in [1.29, 1.82) is 0 Å². The van der Waals surface area contributed by atoms with Crippen molar-refractivity contribution in [3.05, 3.63) is 58.1 Å². The molecule has 1 aliphatic heterocycles. The third-order valence-electron chi connectivity index (χ3n) is 5.38. The first kappa shape index (κ1) is 23.9. The van der Waals surface area contributed by atoms with Crippen LogP contribution < -0.4 is 10.1 Å². The average Bonchev–Trinajstić information content (AvgIpc) is 3.06. The number of methoxy groups -OCH3 is 1. The number of carbonyl (C=O) groups excluding carboxylic acids is 2. The summed E-state index contributed by atoms with van der Waals surface area (Å²) in [5.74, 6) is -2.04. The summed E-state index contributed by atoms with van der Waals surface area (Å²) in [6, 6.07) is 8.53. The first-order chi connectivity index (χ1) is 14.8. The predicted octanol–water partition coefficient (Wildman–Crippen LogP) is 4.62. The van der Waals surface area contributed by atoms with Gasteiger partial charge in [-0.1, -0.05) is 37.6 Å². The van der Waals surface area contributed by atoms with Gasteiger partial charge in [0.25, 0.3) is 5.91 Å². The van der Waals surface area contributed by atoms with E-state index in [1.165, 1.54) is 51.3 Å². The van der Waals surface area contributed by atoms with Crippen molar-refractivity contribution in [3.63, 3.8) is 0 Å². The second-order valence-electron chi connectivity index (χ2n) is 8.14. The molecule has 0 fully saturated rings. The highest BCUT2D eigenvalue weighted by atomic mass is 35.5. The highest BCUT2D eigenvalue weighted by molar-refractivity contribution is 6.32. The summed E-state index contributed by atoms with van der Waals surface area (Å²) in [5, 5.41) is 13.0. The topological polar surface area (TPSA) is 84.9 Å². The quantitative estimate of drug-likeness (QED) is 0.601. The molecule has 1 heterocycles. The van der Waals surface area contributed by atoms with Crippen LogP contribution in [0.3, 0.4) is 0 Å². The fraction of sp³-hybridized carbons (Fsp3) is 0.364. The minimum absolute atomic E-state index is 0.00660. The number of fused-ring (bicyclic) bond motifs is 1. The van der Waals surface area contributed by atoms with E-state index < -0.39 is 35.5 Å². The van der Waals surface area contributed by atoms with Gasteiger partial charge in [-0.3, -0.25) is 4.79 Å². The van der Waals surface area contributed by atoms with Gasteiger partial charge in [-0.2, -0.15) is 13.2 Å². The van der Waals surface area contributed by atoms with Crippen molar-refractivity contribution in [2.75, 3.05) is 12.4 Å². The lowest BCUT2D eigenvalue weighted by Crippen LogP contribution is -2.57. The summed E-state index contributed by atoms with van der Waals surface area (Å²) in [6.07, 6.45) is -6.28. The monoisotopic (exact) mass is 471 g/mol. The summed E-state index contributed by atoms with van der Waals surface area (Å²) in [6.45, 7) is 2.84. The molecule has 0 aliphatic carbocycles. The number of anilines is 1. The first-order valence-corrected chi connectivity index (χ1v) is 9.91. The second-order valence-corrected chi connectivity index (χ2v) is 8.55. The number of rotatable bonds is 6. The molecule has 1 unspecified atom stereocenters. The minimum atomic E-state index is -5.28. The van der Waals surface area contributed by atoms with Crippen molar-refractivity contribution in [2.24, 2.45) is 0 Å². The van der Waals surface area contributed by atoms with Gasteiger partial charge < -0.3 is 19.9 Å². The zero-order valence-corrected chi connectivity index (χ0v) is 18.2. The fourth-order valence-corrected chi connectivity index (χ4v) is 3.99. The van der Waals surface area contributed by atoms with Crippen molar-refractivity contribution in [3.8, 4) is 5.75 Å². The lowest BCUT2D eigenvalue weighted by molar-refractivity contribution is -0.254. The maximum Gasteiger partial charge on any atom is 0.426 e. The van der Waals surface area contributed by atoms with E-state index in [0.717, 1.165) is 0 Å². The van der Waals surface area contributed by atoms with E-state index in [1.54, 1.807) is 6.07 Å². The number of alkyl halides is 3. The van der Waals surface area contributed by atoms with Crippen molar-refractivity contribution in [2.45, 2.75) is 44.1 Å². The Balaban J connectivity index is 1.94.